The molecular weight excluding hydrogens is 371 g/mol. The topological polar surface area (TPSA) is 68.0 Å². The molecule has 0 aliphatic rings. The Kier molecular flexibility index (Phi) is 5.22. The number of aromatic nitrogens is 2. The number of pyridine rings is 1. The summed E-state index contributed by atoms with van der Waals surface area (Å²) in [6, 6.07) is 10.1. The summed E-state index contributed by atoms with van der Waals surface area (Å²) in [5.41, 5.74) is -0.204. The summed E-state index contributed by atoms with van der Waals surface area (Å²) in [5, 5.41) is 6.45. The van der Waals surface area contributed by atoms with Crippen LogP contribution in [-0.4, -0.2) is 22.6 Å². The first-order chi connectivity index (χ1) is 13.2. The number of nitrogens with zero attached hydrogens (tertiary/aromatic N) is 2. The largest absolute Gasteiger partial charge is 0.416 e. The molecule has 1 N–H and O–H groups in total. The van der Waals surface area contributed by atoms with E-state index in [-0.39, 0.29) is 12.2 Å². The van der Waals surface area contributed by atoms with E-state index < -0.39 is 23.1 Å². The van der Waals surface area contributed by atoms with Crippen molar-refractivity contribution in [3.63, 3.8) is 0 Å². The molecule has 0 atom stereocenters. The van der Waals surface area contributed by atoms with E-state index >= 15 is 0 Å². The fourth-order valence-electron chi connectivity index (χ4n) is 2.64. The highest BCUT2D eigenvalue weighted by molar-refractivity contribution is 5.93. The zero-order chi connectivity index (χ0) is 20.4. The number of alkyl halides is 3. The molecule has 0 unspecified atom stereocenters. The second kappa shape index (κ2) is 7.46. The van der Waals surface area contributed by atoms with Crippen LogP contribution in [0.5, 0.6) is 0 Å². The molecular formula is C20H18F3N3O2. The zero-order valence-corrected chi connectivity index (χ0v) is 15.2. The molecule has 0 bridgehead atoms. The molecule has 0 saturated heterocycles. The molecule has 1 amide bonds. The van der Waals surface area contributed by atoms with E-state index in [1.54, 1.807) is 44.4 Å². The van der Waals surface area contributed by atoms with Gasteiger partial charge in [0, 0.05) is 36.0 Å². The molecule has 3 rings (SSSR count). The van der Waals surface area contributed by atoms with Crippen LogP contribution in [0.1, 0.15) is 35.5 Å². The average Bonchev–Trinajstić information content (AvgIpc) is 3.17. The van der Waals surface area contributed by atoms with E-state index in [2.05, 4.69) is 15.5 Å². The minimum Gasteiger partial charge on any atom is -0.355 e. The van der Waals surface area contributed by atoms with Gasteiger partial charge < -0.3 is 9.84 Å². The van der Waals surface area contributed by atoms with Crippen molar-refractivity contribution in [1.82, 2.24) is 15.5 Å². The summed E-state index contributed by atoms with van der Waals surface area (Å²) >= 11 is 0. The number of benzene rings is 1. The van der Waals surface area contributed by atoms with E-state index in [0.717, 1.165) is 12.1 Å². The summed E-state index contributed by atoms with van der Waals surface area (Å²) in [6.45, 7) is 3.64. The number of hydrogen-bond donors (Lipinski definition) is 1. The van der Waals surface area contributed by atoms with Gasteiger partial charge in [-0.2, -0.15) is 13.2 Å². The molecule has 0 saturated carbocycles. The van der Waals surface area contributed by atoms with Crippen LogP contribution >= 0.6 is 0 Å². The molecule has 8 heteroatoms. The molecule has 28 heavy (non-hydrogen) atoms. The Labute approximate surface area is 159 Å². The lowest BCUT2D eigenvalue weighted by Crippen LogP contribution is -2.37. The van der Waals surface area contributed by atoms with Crippen LogP contribution in [0, 0.1) is 0 Å². The molecule has 0 spiro atoms. The Morgan fingerprint density at radius 3 is 2.54 bits per heavy atom. The highest BCUT2D eigenvalue weighted by Crippen LogP contribution is 2.32. The highest BCUT2D eigenvalue weighted by Gasteiger charge is 2.32. The monoisotopic (exact) mass is 389 g/mol. The second-order valence-corrected chi connectivity index (χ2v) is 6.96. The van der Waals surface area contributed by atoms with Crippen LogP contribution < -0.4 is 5.32 Å². The Balaban J connectivity index is 1.69. The lowest BCUT2D eigenvalue weighted by Gasteiger charge is -2.26. The zero-order valence-electron chi connectivity index (χ0n) is 15.2. The third-order valence-electron chi connectivity index (χ3n) is 4.35. The molecule has 2 heterocycles. The molecule has 0 aliphatic heterocycles. The van der Waals surface area contributed by atoms with Gasteiger partial charge in [0.15, 0.2) is 11.5 Å². The van der Waals surface area contributed by atoms with Crippen molar-refractivity contribution in [3.8, 4) is 11.3 Å². The predicted octanol–water partition coefficient (Wildman–Crippen LogP) is 4.46. The smallest absolute Gasteiger partial charge is 0.355 e. The SMILES string of the molecule is CC(C)(CNC(=O)c1cc(-c2cccnc2)on1)c1cccc(C(F)(F)F)c1. The van der Waals surface area contributed by atoms with Crippen molar-refractivity contribution in [2.24, 2.45) is 0 Å². The average molecular weight is 389 g/mol. The Hall–Kier alpha value is -3.16. The van der Waals surface area contributed by atoms with Crippen molar-refractivity contribution in [1.29, 1.82) is 0 Å². The first kappa shape index (κ1) is 19.6. The third kappa shape index (κ3) is 4.39. The van der Waals surface area contributed by atoms with E-state index in [1.807, 2.05) is 0 Å². The molecule has 0 aliphatic carbocycles. The second-order valence-electron chi connectivity index (χ2n) is 6.96. The molecule has 146 valence electrons. The van der Waals surface area contributed by atoms with Crippen molar-refractivity contribution in [3.05, 3.63) is 71.7 Å². The molecule has 1 aromatic carbocycles. The van der Waals surface area contributed by atoms with E-state index in [1.165, 1.54) is 12.1 Å². The van der Waals surface area contributed by atoms with Gasteiger partial charge in [0.2, 0.25) is 0 Å². The normalized spacial score (nSPS) is 12.0. The van der Waals surface area contributed by atoms with Crippen LogP contribution in [0.3, 0.4) is 0 Å². The van der Waals surface area contributed by atoms with Gasteiger partial charge in [0.25, 0.3) is 5.91 Å². The van der Waals surface area contributed by atoms with Crippen molar-refractivity contribution < 1.29 is 22.5 Å². The van der Waals surface area contributed by atoms with Gasteiger partial charge in [-0.15, -0.1) is 0 Å². The van der Waals surface area contributed by atoms with Crippen LogP contribution in [0.25, 0.3) is 11.3 Å². The lowest BCUT2D eigenvalue weighted by molar-refractivity contribution is -0.137. The van der Waals surface area contributed by atoms with Crippen LogP contribution in [0.15, 0.2) is 59.4 Å². The number of halogens is 3. The number of amides is 1. The standard InChI is InChI=1S/C20H18F3N3O2/c1-19(2,14-6-3-7-15(9-14)20(21,22)23)12-25-18(27)16-10-17(28-26-16)13-5-4-8-24-11-13/h3-11H,12H2,1-2H3,(H,25,27). The summed E-state index contributed by atoms with van der Waals surface area (Å²) < 4.78 is 44.0. The van der Waals surface area contributed by atoms with Crippen LogP contribution in [0.4, 0.5) is 13.2 Å². The van der Waals surface area contributed by atoms with Crippen molar-refractivity contribution in [2.45, 2.75) is 25.4 Å². The molecule has 3 aromatic rings. The lowest BCUT2D eigenvalue weighted by atomic mass is 9.83. The minimum atomic E-state index is -4.42. The summed E-state index contributed by atoms with van der Waals surface area (Å²) in [7, 11) is 0. The van der Waals surface area contributed by atoms with E-state index in [9.17, 15) is 18.0 Å². The van der Waals surface area contributed by atoms with Crippen LogP contribution in [-0.2, 0) is 11.6 Å². The molecule has 0 fully saturated rings. The van der Waals surface area contributed by atoms with Crippen LogP contribution in [0.2, 0.25) is 0 Å². The predicted molar refractivity (Wildman–Crippen MR) is 96.5 cm³/mol. The van der Waals surface area contributed by atoms with Gasteiger partial charge in [0.05, 0.1) is 5.56 Å². The quantitative estimate of drug-likeness (QED) is 0.699. The van der Waals surface area contributed by atoms with Gasteiger partial charge in [-0.05, 0) is 23.8 Å². The van der Waals surface area contributed by atoms with E-state index in [4.69, 9.17) is 4.52 Å². The number of carbonyl (C=O) groups is 1. The number of nitrogens with one attached hydrogen (secondary N) is 1. The first-order valence-electron chi connectivity index (χ1n) is 8.50. The van der Waals surface area contributed by atoms with Gasteiger partial charge in [-0.3, -0.25) is 9.78 Å². The van der Waals surface area contributed by atoms with Gasteiger partial charge in [0.1, 0.15) is 0 Å². The van der Waals surface area contributed by atoms with Crippen molar-refractivity contribution in [2.75, 3.05) is 6.54 Å². The van der Waals surface area contributed by atoms with E-state index in [0.29, 0.717) is 16.9 Å². The Morgan fingerprint density at radius 2 is 1.86 bits per heavy atom. The Bertz CT molecular complexity index is 966. The number of rotatable bonds is 5. The third-order valence-corrected chi connectivity index (χ3v) is 4.35. The molecule has 5 nitrogen and oxygen atoms in total. The Morgan fingerprint density at radius 1 is 1.11 bits per heavy atom. The number of carbonyl (C=O) groups excluding carboxylic acids is 1. The molecule has 0 radical (unpaired) electrons. The maximum Gasteiger partial charge on any atom is 0.416 e. The summed E-state index contributed by atoms with van der Waals surface area (Å²) in [6.07, 6.45) is -1.22. The van der Waals surface area contributed by atoms with Gasteiger partial charge in [-0.1, -0.05) is 37.2 Å². The summed E-state index contributed by atoms with van der Waals surface area (Å²) in [5.74, 6) is -0.0747. The maximum atomic E-state index is 12.9. The highest BCUT2D eigenvalue weighted by atomic mass is 19.4. The molecule has 2 aromatic heterocycles. The number of hydrogen-bond acceptors (Lipinski definition) is 4. The summed E-state index contributed by atoms with van der Waals surface area (Å²) in [4.78, 5) is 16.3. The van der Waals surface area contributed by atoms with Crippen molar-refractivity contribution >= 4 is 5.91 Å². The minimum absolute atomic E-state index is 0.0821. The van der Waals surface area contributed by atoms with Gasteiger partial charge >= 0.3 is 6.18 Å². The maximum absolute atomic E-state index is 12.9. The van der Waals surface area contributed by atoms with Gasteiger partial charge in [-0.25, -0.2) is 0 Å². The first-order valence-corrected chi connectivity index (χ1v) is 8.50. The fourth-order valence-corrected chi connectivity index (χ4v) is 2.64. The fraction of sp³-hybridized carbons (Fsp3) is 0.250.